The average molecular weight is 473 g/mol. The van der Waals surface area contributed by atoms with Crippen molar-refractivity contribution in [2.75, 3.05) is 11.9 Å². The van der Waals surface area contributed by atoms with Crippen LogP contribution in [0, 0.1) is 11.8 Å². The van der Waals surface area contributed by atoms with Gasteiger partial charge < -0.3 is 4.74 Å². The van der Waals surface area contributed by atoms with Gasteiger partial charge in [0.15, 0.2) is 0 Å². The van der Waals surface area contributed by atoms with Gasteiger partial charge in [0.1, 0.15) is 5.75 Å². The van der Waals surface area contributed by atoms with E-state index in [4.69, 9.17) is 4.74 Å². The van der Waals surface area contributed by atoms with Gasteiger partial charge >= 0.3 is 0 Å². The van der Waals surface area contributed by atoms with Crippen molar-refractivity contribution in [3.8, 4) is 17.0 Å². The number of hydrogen-bond donors (Lipinski definition) is 0. The Kier molecular flexibility index (Phi) is 10.1. The van der Waals surface area contributed by atoms with Gasteiger partial charge in [0, 0.05) is 10.9 Å². The molecule has 2 aromatic rings. The van der Waals surface area contributed by atoms with Crippen LogP contribution >= 0.6 is 15.9 Å². The van der Waals surface area contributed by atoms with E-state index in [1.807, 2.05) is 12.1 Å². The Bertz CT molecular complexity index is 709. The highest BCUT2D eigenvalue weighted by Crippen LogP contribution is 2.34. The first-order chi connectivity index (χ1) is 14.8. The number of halogens is 1. The van der Waals surface area contributed by atoms with Crippen LogP contribution in [0.5, 0.6) is 5.75 Å². The fraction of sp³-hybridized carbons (Fsp3) is 0.615. The van der Waals surface area contributed by atoms with E-state index in [9.17, 15) is 0 Å². The van der Waals surface area contributed by atoms with E-state index in [-0.39, 0.29) is 0 Å². The number of unbranched alkanes of at least 4 members (excludes halogenated alkanes) is 2. The normalized spacial score (nSPS) is 19.0. The molecule has 1 heterocycles. The Morgan fingerprint density at radius 2 is 1.60 bits per heavy atom. The Balaban J connectivity index is 1.41. The van der Waals surface area contributed by atoms with Gasteiger partial charge in [-0.1, -0.05) is 67.8 Å². The Hall–Kier alpha value is -1.42. The molecular weight excluding hydrogens is 436 g/mol. The van der Waals surface area contributed by atoms with Crippen LogP contribution in [0.1, 0.15) is 76.8 Å². The van der Waals surface area contributed by atoms with E-state index in [0.717, 1.165) is 65.7 Å². The van der Waals surface area contributed by atoms with Crippen LogP contribution in [-0.2, 0) is 6.42 Å². The van der Waals surface area contributed by atoms with Crippen LogP contribution in [-0.4, -0.2) is 22.1 Å². The van der Waals surface area contributed by atoms with Crippen molar-refractivity contribution in [2.45, 2.75) is 77.6 Å². The summed E-state index contributed by atoms with van der Waals surface area (Å²) >= 11 is 3.54. The molecule has 30 heavy (non-hydrogen) atoms. The summed E-state index contributed by atoms with van der Waals surface area (Å²) in [6.07, 6.45) is 14.3. The number of hydrogen-bond acceptors (Lipinski definition) is 3. The van der Waals surface area contributed by atoms with Crippen molar-refractivity contribution in [1.29, 1.82) is 0 Å². The number of alkyl halides is 1. The lowest BCUT2D eigenvalue weighted by atomic mass is 9.78. The molecule has 1 aromatic heterocycles. The van der Waals surface area contributed by atoms with Crippen molar-refractivity contribution in [2.24, 2.45) is 11.8 Å². The molecule has 0 amide bonds. The minimum atomic E-state index is 0.781. The molecule has 4 heteroatoms. The summed E-state index contributed by atoms with van der Waals surface area (Å²) in [5.41, 5.74) is 3.15. The van der Waals surface area contributed by atoms with Gasteiger partial charge in [-0.2, -0.15) is 10.2 Å². The minimum absolute atomic E-state index is 0.781. The second-order valence-corrected chi connectivity index (χ2v) is 9.54. The molecule has 1 saturated carbocycles. The number of ether oxygens (including phenoxy) is 1. The molecule has 3 nitrogen and oxygen atoms in total. The summed E-state index contributed by atoms with van der Waals surface area (Å²) < 4.78 is 5.74. The molecule has 1 aromatic carbocycles. The molecule has 0 spiro atoms. The summed E-state index contributed by atoms with van der Waals surface area (Å²) in [6, 6.07) is 12.5. The highest BCUT2D eigenvalue weighted by atomic mass is 79.9. The molecule has 1 aliphatic rings. The topological polar surface area (TPSA) is 35.0 Å². The molecule has 0 unspecified atom stereocenters. The number of aromatic nitrogens is 2. The van der Waals surface area contributed by atoms with E-state index in [0.29, 0.717) is 0 Å². The van der Waals surface area contributed by atoms with Gasteiger partial charge in [-0.3, -0.25) is 0 Å². The summed E-state index contributed by atoms with van der Waals surface area (Å²) in [6.45, 7) is 2.96. The average Bonchev–Trinajstić information content (AvgIpc) is 2.80. The van der Waals surface area contributed by atoms with E-state index in [2.05, 4.69) is 57.3 Å². The number of rotatable bonds is 12. The van der Waals surface area contributed by atoms with Crippen molar-refractivity contribution in [1.82, 2.24) is 10.2 Å². The Labute approximate surface area is 191 Å². The maximum absolute atomic E-state index is 5.74. The van der Waals surface area contributed by atoms with Crippen LogP contribution in [0.3, 0.4) is 0 Å². The lowest BCUT2D eigenvalue weighted by molar-refractivity contribution is 0.249. The van der Waals surface area contributed by atoms with Crippen LogP contribution in [0.4, 0.5) is 0 Å². The standard InChI is InChI=1S/C26H37BrN2O/c1-2-3-20-30-25-16-12-23(13-17-25)26-18-15-24(28-29-26)14-11-22-9-7-21(8-10-22)6-4-5-19-27/h12-13,15-18,21-22H,2-11,14,19-20H2,1H3. The molecular formula is C26H37BrN2O. The third kappa shape index (κ3) is 7.68. The van der Waals surface area contributed by atoms with E-state index < -0.39 is 0 Å². The molecule has 1 aliphatic carbocycles. The highest BCUT2D eigenvalue weighted by Gasteiger charge is 2.20. The van der Waals surface area contributed by atoms with Crippen molar-refractivity contribution < 1.29 is 4.74 Å². The number of nitrogens with zero attached hydrogens (tertiary/aromatic N) is 2. The predicted molar refractivity (Wildman–Crippen MR) is 129 cm³/mol. The van der Waals surface area contributed by atoms with Gasteiger partial charge in [0.25, 0.3) is 0 Å². The van der Waals surface area contributed by atoms with Crippen molar-refractivity contribution >= 4 is 15.9 Å². The Morgan fingerprint density at radius 1 is 0.867 bits per heavy atom. The molecule has 0 atom stereocenters. The van der Waals surface area contributed by atoms with Crippen LogP contribution in [0.2, 0.25) is 0 Å². The van der Waals surface area contributed by atoms with Crippen molar-refractivity contribution in [3.63, 3.8) is 0 Å². The predicted octanol–water partition coefficient (Wildman–Crippen LogP) is 7.63. The maximum atomic E-state index is 5.74. The smallest absolute Gasteiger partial charge is 0.119 e. The first-order valence-electron chi connectivity index (χ1n) is 11.9. The molecule has 0 radical (unpaired) electrons. The molecule has 3 rings (SSSR count). The van der Waals surface area contributed by atoms with E-state index in [1.54, 1.807) is 0 Å². The fourth-order valence-electron chi connectivity index (χ4n) is 4.39. The van der Waals surface area contributed by atoms with Gasteiger partial charge in [0.05, 0.1) is 18.0 Å². The Morgan fingerprint density at radius 3 is 2.23 bits per heavy atom. The quantitative estimate of drug-likeness (QED) is 0.235. The number of benzene rings is 1. The first kappa shape index (κ1) is 23.2. The monoisotopic (exact) mass is 472 g/mol. The molecule has 164 valence electrons. The SMILES string of the molecule is CCCCOc1ccc(-c2ccc(CCC3CCC(CCCCBr)CC3)nn2)cc1. The molecule has 0 bridgehead atoms. The zero-order chi connectivity index (χ0) is 21.0. The summed E-state index contributed by atoms with van der Waals surface area (Å²) in [5, 5.41) is 10.1. The van der Waals surface area contributed by atoms with E-state index >= 15 is 0 Å². The zero-order valence-corrected chi connectivity index (χ0v) is 20.1. The zero-order valence-electron chi connectivity index (χ0n) is 18.5. The van der Waals surface area contributed by atoms with Gasteiger partial charge in [-0.05, 0) is 73.9 Å². The van der Waals surface area contributed by atoms with Crippen LogP contribution in [0.25, 0.3) is 11.3 Å². The molecule has 0 N–H and O–H groups in total. The van der Waals surface area contributed by atoms with Crippen LogP contribution < -0.4 is 4.74 Å². The summed E-state index contributed by atoms with van der Waals surface area (Å²) in [4.78, 5) is 0. The summed E-state index contributed by atoms with van der Waals surface area (Å²) in [5.74, 6) is 2.77. The minimum Gasteiger partial charge on any atom is -0.494 e. The van der Waals surface area contributed by atoms with E-state index in [1.165, 1.54) is 51.4 Å². The fourth-order valence-corrected chi connectivity index (χ4v) is 4.79. The maximum Gasteiger partial charge on any atom is 0.119 e. The highest BCUT2D eigenvalue weighted by molar-refractivity contribution is 9.09. The molecule has 1 fully saturated rings. The van der Waals surface area contributed by atoms with Crippen LogP contribution in [0.15, 0.2) is 36.4 Å². The van der Waals surface area contributed by atoms with Crippen molar-refractivity contribution in [3.05, 3.63) is 42.1 Å². The molecule has 0 saturated heterocycles. The lowest BCUT2D eigenvalue weighted by Gasteiger charge is -2.28. The van der Waals surface area contributed by atoms with Gasteiger partial charge in [-0.15, -0.1) is 0 Å². The first-order valence-corrected chi connectivity index (χ1v) is 13.0. The number of aryl methyl sites for hydroxylation is 1. The second-order valence-electron chi connectivity index (χ2n) is 8.75. The van der Waals surface area contributed by atoms with Gasteiger partial charge in [-0.25, -0.2) is 0 Å². The summed E-state index contributed by atoms with van der Waals surface area (Å²) in [7, 11) is 0. The molecule has 0 aliphatic heterocycles. The largest absolute Gasteiger partial charge is 0.494 e. The third-order valence-corrected chi connectivity index (χ3v) is 6.97. The second kappa shape index (κ2) is 13.1. The van der Waals surface area contributed by atoms with Gasteiger partial charge in [0.2, 0.25) is 0 Å². The third-order valence-electron chi connectivity index (χ3n) is 6.41. The lowest BCUT2D eigenvalue weighted by Crippen LogP contribution is -2.15.